The van der Waals surface area contributed by atoms with Crippen LogP contribution >= 0.6 is 0 Å². The number of nitrogens with two attached hydrogens (primary N) is 1. The van der Waals surface area contributed by atoms with Crippen molar-refractivity contribution in [2.75, 3.05) is 13.6 Å². The van der Waals surface area contributed by atoms with Crippen molar-refractivity contribution in [1.82, 2.24) is 0 Å². The monoisotopic (exact) mass is 256 g/mol. The number of ether oxygens (including phenoxy) is 1. The molecule has 2 aromatic carbocycles. The second kappa shape index (κ2) is 6.95. The Morgan fingerprint density at radius 2 is 1.68 bits per heavy atom. The fourth-order valence-electron chi connectivity index (χ4n) is 2.06. The fourth-order valence-corrected chi connectivity index (χ4v) is 2.06. The van der Waals surface area contributed by atoms with E-state index in [2.05, 4.69) is 55.7 Å². The Hall–Kier alpha value is -1.80. The van der Waals surface area contributed by atoms with Crippen molar-refractivity contribution < 1.29 is 10.1 Å². The first-order valence-corrected chi connectivity index (χ1v) is 6.85. The quantitative estimate of drug-likeness (QED) is 0.845. The van der Waals surface area contributed by atoms with E-state index >= 15 is 0 Å². The second-order valence-electron chi connectivity index (χ2n) is 4.82. The third kappa shape index (κ3) is 4.11. The molecule has 0 aliphatic heterocycles. The van der Waals surface area contributed by atoms with Gasteiger partial charge < -0.3 is 10.1 Å². The van der Waals surface area contributed by atoms with Crippen LogP contribution in [0.25, 0.3) is 0 Å². The maximum atomic E-state index is 6.14. The first-order valence-electron chi connectivity index (χ1n) is 6.85. The van der Waals surface area contributed by atoms with E-state index in [1.54, 1.807) is 0 Å². The van der Waals surface area contributed by atoms with E-state index in [9.17, 15) is 0 Å². The zero-order valence-electron chi connectivity index (χ0n) is 11.7. The first kappa shape index (κ1) is 13.6. The highest BCUT2D eigenvalue weighted by molar-refractivity contribution is 5.28. The van der Waals surface area contributed by atoms with Gasteiger partial charge in [0.2, 0.25) is 0 Å². The predicted molar refractivity (Wildman–Crippen MR) is 78.3 cm³/mol. The minimum atomic E-state index is 0.125. The maximum Gasteiger partial charge on any atom is 0.129 e. The highest BCUT2D eigenvalue weighted by atomic mass is 16.5. The third-order valence-electron chi connectivity index (χ3n) is 3.19. The van der Waals surface area contributed by atoms with Gasteiger partial charge in [0.25, 0.3) is 0 Å². The number of aryl methyl sites for hydroxylation is 1. The smallest absolute Gasteiger partial charge is 0.129 e. The van der Waals surface area contributed by atoms with E-state index in [1.807, 2.05) is 18.2 Å². The molecule has 0 saturated carbocycles. The molecule has 0 aliphatic rings. The van der Waals surface area contributed by atoms with Gasteiger partial charge in [-0.05, 0) is 24.6 Å². The Bertz CT molecular complexity index is 478. The summed E-state index contributed by atoms with van der Waals surface area (Å²) in [6.45, 7) is 3.15. The van der Waals surface area contributed by atoms with Crippen LogP contribution < -0.4 is 10.1 Å². The third-order valence-corrected chi connectivity index (χ3v) is 3.19. The Morgan fingerprint density at radius 3 is 2.32 bits per heavy atom. The average Bonchev–Trinajstić information content (AvgIpc) is 2.46. The van der Waals surface area contributed by atoms with Gasteiger partial charge in [-0.3, -0.25) is 0 Å². The molecule has 0 fully saturated rings. The molecule has 2 rings (SSSR count). The molecule has 2 heteroatoms. The van der Waals surface area contributed by atoms with Gasteiger partial charge in [-0.1, -0.05) is 48.0 Å². The van der Waals surface area contributed by atoms with Crippen LogP contribution in [0.2, 0.25) is 0 Å². The van der Waals surface area contributed by atoms with Crippen LogP contribution in [0.4, 0.5) is 0 Å². The molecule has 0 spiro atoms. The van der Waals surface area contributed by atoms with E-state index < -0.39 is 0 Å². The molecule has 0 aliphatic carbocycles. The maximum absolute atomic E-state index is 6.14. The van der Waals surface area contributed by atoms with Crippen LogP contribution in [0.15, 0.2) is 54.6 Å². The number of rotatable bonds is 6. The lowest BCUT2D eigenvalue weighted by atomic mass is 10.1. The summed E-state index contributed by atoms with van der Waals surface area (Å²) in [5, 5.41) is 2.19. The van der Waals surface area contributed by atoms with Crippen LogP contribution in [0.5, 0.6) is 5.75 Å². The molecular formula is C17H22NO+. The lowest BCUT2D eigenvalue weighted by Gasteiger charge is -2.19. The SMILES string of the molecule is C[NH2+]CCC(Oc1ccc(C)cc1)c1ccccc1. The molecule has 2 aromatic rings. The van der Waals surface area contributed by atoms with Crippen molar-refractivity contribution in [3.63, 3.8) is 0 Å². The molecule has 0 heterocycles. The van der Waals surface area contributed by atoms with Gasteiger partial charge in [0.05, 0.1) is 13.6 Å². The first-order chi connectivity index (χ1) is 9.29. The van der Waals surface area contributed by atoms with Crippen molar-refractivity contribution in [3.05, 3.63) is 65.7 Å². The van der Waals surface area contributed by atoms with E-state index in [-0.39, 0.29) is 6.10 Å². The number of hydrogen-bond donors (Lipinski definition) is 1. The molecule has 1 atom stereocenters. The van der Waals surface area contributed by atoms with Crippen molar-refractivity contribution in [2.45, 2.75) is 19.4 Å². The summed E-state index contributed by atoms with van der Waals surface area (Å²) in [6, 6.07) is 18.7. The zero-order valence-corrected chi connectivity index (χ0v) is 11.7. The molecule has 100 valence electrons. The van der Waals surface area contributed by atoms with E-state index in [0.717, 1.165) is 18.7 Å². The summed E-state index contributed by atoms with van der Waals surface area (Å²) in [5.41, 5.74) is 2.50. The second-order valence-corrected chi connectivity index (χ2v) is 4.82. The van der Waals surface area contributed by atoms with Gasteiger partial charge in [0.1, 0.15) is 11.9 Å². The predicted octanol–water partition coefficient (Wildman–Crippen LogP) is 2.70. The number of quaternary nitrogens is 1. The van der Waals surface area contributed by atoms with Gasteiger partial charge in [-0.15, -0.1) is 0 Å². The molecule has 2 nitrogen and oxygen atoms in total. The summed E-state index contributed by atoms with van der Waals surface area (Å²) < 4.78 is 6.14. The Morgan fingerprint density at radius 1 is 1.00 bits per heavy atom. The molecule has 0 amide bonds. The van der Waals surface area contributed by atoms with Crippen LogP contribution in [0.1, 0.15) is 23.7 Å². The van der Waals surface area contributed by atoms with Gasteiger partial charge in [-0.2, -0.15) is 0 Å². The van der Waals surface area contributed by atoms with E-state index in [1.165, 1.54) is 11.1 Å². The molecule has 0 saturated heterocycles. The molecule has 0 bridgehead atoms. The summed E-state index contributed by atoms with van der Waals surface area (Å²) in [6.07, 6.45) is 1.13. The average molecular weight is 256 g/mol. The molecule has 2 N–H and O–H groups in total. The fraction of sp³-hybridized carbons (Fsp3) is 0.294. The molecule has 0 aromatic heterocycles. The summed E-state index contributed by atoms with van der Waals surface area (Å²) in [4.78, 5) is 0. The van der Waals surface area contributed by atoms with Crippen LogP contribution in [0.3, 0.4) is 0 Å². The lowest BCUT2D eigenvalue weighted by Crippen LogP contribution is -2.79. The van der Waals surface area contributed by atoms with Gasteiger partial charge >= 0.3 is 0 Å². The van der Waals surface area contributed by atoms with E-state index in [0.29, 0.717) is 0 Å². The number of benzene rings is 2. The van der Waals surface area contributed by atoms with Gasteiger partial charge in [0.15, 0.2) is 0 Å². The Kier molecular flexibility index (Phi) is 4.99. The Balaban J connectivity index is 2.11. The normalized spacial score (nSPS) is 12.1. The van der Waals surface area contributed by atoms with Gasteiger partial charge in [-0.25, -0.2) is 0 Å². The van der Waals surface area contributed by atoms with Crippen LogP contribution in [-0.2, 0) is 0 Å². The highest BCUT2D eigenvalue weighted by Gasteiger charge is 2.13. The van der Waals surface area contributed by atoms with Crippen LogP contribution in [-0.4, -0.2) is 13.6 Å². The van der Waals surface area contributed by atoms with Crippen molar-refractivity contribution >= 4 is 0 Å². The summed E-state index contributed by atoms with van der Waals surface area (Å²) >= 11 is 0. The molecule has 19 heavy (non-hydrogen) atoms. The topological polar surface area (TPSA) is 25.8 Å². The molecule has 1 unspecified atom stereocenters. The molecule has 0 radical (unpaired) electrons. The lowest BCUT2D eigenvalue weighted by molar-refractivity contribution is -0.628. The van der Waals surface area contributed by atoms with Crippen molar-refractivity contribution in [3.8, 4) is 5.75 Å². The Labute approximate surface area is 115 Å². The van der Waals surface area contributed by atoms with Crippen molar-refractivity contribution in [2.24, 2.45) is 0 Å². The number of hydrogen-bond acceptors (Lipinski definition) is 1. The minimum absolute atomic E-state index is 0.125. The van der Waals surface area contributed by atoms with E-state index in [4.69, 9.17) is 4.74 Å². The largest absolute Gasteiger partial charge is 0.486 e. The minimum Gasteiger partial charge on any atom is -0.486 e. The van der Waals surface area contributed by atoms with Crippen LogP contribution in [0, 0.1) is 6.92 Å². The highest BCUT2D eigenvalue weighted by Crippen LogP contribution is 2.24. The summed E-state index contributed by atoms with van der Waals surface area (Å²) in [7, 11) is 2.09. The zero-order chi connectivity index (χ0) is 13.5. The van der Waals surface area contributed by atoms with Crippen molar-refractivity contribution in [1.29, 1.82) is 0 Å². The summed E-state index contributed by atoms with van der Waals surface area (Å²) in [5.74, 6) is 0.940. The standard InChI is InChI=1S/C17H21NO/c1-14-8-10-16(11-9-14)19-17(12-13-18-2)15-6-4-3-5-7-15/h3-11,17-18H,12-13H2,1-2H3/p+1. The van der Waals surface area contributed by atoms with Gasteiger partial charge in [0, 0.05) is 6.42 Å². The molecular weight excluding hydrogens is 234 g/mol.